The monoisotopic (exact) mass is 217 g/mol. The van der Waals surface area contributed by atoms with E-state index in [1.54, 1.807) is 0 Å². The molecule has 0 radical (unpaired) electrons. The van der Waals surface area contributed by atoms with Crippen LogP contribution in [0.2, 0.25) is 0 Å². The van der Waals surface area contributed by atoms with Crippen LogP contribution in [0.3, 0.4) is 0 Å². The highest BCUT2D eigenvalue weighted by Gasteiger charge is 2.37. The third kappa shape index (κ3) is 2.69. The Bertz CT molecular complexity index is 168. The van der Waals surface area contributed by atoms with Crippen LogP contribution in [0.15, 0.2) is 0 Å². The summed E-state index contributed by atoms with van der Waals surface area (Å²) in [6.45, 7) is -0.604. The van der Waals surface area contributed by atoms with Crippen LogP contribution in [-0.4, -0.2) is 58.7 Å². The molecule has 0 heterocycles. The third-order valence-electron chi connectivity index (χ3n) is 3.75. The number of likely N-dealkylation sites (N-methyl/N-ethyl adjacent to an activating group) is 1. The first kappa shape index (κ1) is 12.9. The van der Waals surface area contributed by atoms with Gasteiger partial charge in [-0.15, -0.1) is 0 Å². The van der Waals surface area contributed by atoms with E-state index in [-0.39, 0.29) is 19.8 Å². The lowest BCUT2D eigenvalue weighted by molar-refractivity contribution is -0.0603. The fraction of sp³-hybridized carbons (Fsp3) is 1.00. The van der Waals surface area contributed by atoms with Crippen molar-refractivity contribution in [2.45, 2.75) is 43.7 Å². The van der Waals surface area contributed by atoms with E-state index in [1.165, 1.54) is 19.3 Å². The molecule has 3 N–H and O–H groups in total. The molecule has 0 aromatic heterocycles. The van der Waals surface area contributed by atoms with Crippen LogP contribution < -0.4 is 0 Å². The molecular formula is C11H23NO3. The zero-order chi connectivity index (χ0) is 11.3. The third-order valence-corrected chi connectivity index (χ3v) is 3.75. The Labute approximate surface area is 91.5 Å². The van der Waals surface area contributed by atoms with E-state index in [9.17, 15) is 15.3 Å². The Balaban J connectivity index is 2.65. The zero-order valence-electron chi connectivity index (χ0n) is 9.52. The first-order valence-corrected chi connectivity index (χ1v) is 5.75. The molecule has 0 saturated heterocycles. The minimum absolute atomic E-state index is 0.201. The second-order valence-corrected chi connectivity index (χ2v) is 4.60. The first-order valence-electron chi connectivity index (χ1n) is 5.75. The SMILES string of the molecule is CN(C1CCCCC1)C(CO)(CO)CO. The van der Waals surface area contributed by atoms with Gasteiger partial charge < -0.3 is 15.3 Å². The molecule has 4 nitrogen and oxygen atoms in total. The van der Waals surface area contributed by atoms with Crippen LogP contribution in [-0.2, 0) is 0 Å². The topological polar surface area (TPSA) is 63.9 Å². The molecule has 1 saturated carbocycles. The van der Waals surface area contributed by atoms with E-state index in [1.807, 2.05) is 11.9 Å². The zero-order valence-corrected chi connectivity index (χ0v) is 9.52. The number of aliphatic hydroxyl groups excluding tert-OH is 3. The lowest BCUT2D eigenvalue weighted by atomic mass is 9.90. The van der Waals surface area contributed by atoms with Crippen LogP contribution in [0.4, 0.5) is 0 Å². The van der Waals surface area contributed by atoms with Crippen molar-refractivity contribution in [2.24, 2.45) is 0 Å². The van der Waals surface area contributed by atoms with Gasteiger partial charge >= 0.3 is 0 Å². The standard InChI is InChI=1S/C11H23NO3/c1-12(10-5-3-2-4-6-10)11(7-13,8-14)9-15/h10,13-15H,2-9H2,1H3. The normalized spacial score (nSPS) is 19.8. The van der Waals surface area contributed by atoms with Gasteiger partial charge in [0.05, 0.1) is 25.4 Å². The summed E-state index contributed by atoms with van der Waals surface area (Å²) in [6, 6.07) is 0.380. The van der Waals surface area contributed by atoms with Crippen LogP contribution in [0, 0.1) is 0 Å². The van der Waals surface area contributed by atoms with Crippen LogP contribution in [0.25, 0.3) is 0 Å². The largest absolute Gasteiger partial charge is 0.394 e. The van der Waals surface area contributed by atoms with E-state index in [2.05, 4.69) is 0 Å². The highest BCUT2D eigenvalue weighted by molar-refractivity contribution is 4.92. The Morgan fingerprint density at radius 1 is 1.00 bits per heavy atom. The molecule has 90 valence electrons. The molecule has 1 fully saturated rings. The molecule has 0 amide bonds. The van der Waals surface area contributed by atoms with E-state index in [0.29, 0.717) is 6.04 Å². The molecule has 0 unspecified atom stereocenters. The quantitative estimate of drug-likeness (QED) is 0.605. The van der Waals surface area contributed by atoms with E-state index in [4.69, 9.17) is 0 Å². The van der Waals surface area contributed by atoms with Gasteiger partial charge in [0.15, 0.2) is 0 Å². The maximum absolute atomic E-state index is 9.32. The lowest BCUT2D eigenvalue weighted by Crippen LogP contribution is -2.59. The van der Waals surface area contributed by atoms with Gasteiger partial charge in [-0.2, -0.15) is 0 Å². The van der Waals surface area contributed by atoms with Crippen molar-refractivity contribution in [1.82, 2.24) is 4.90 Å². The minimum atomic E-state index is -0.859. The summed E-state index contributed by atoms with van der Waals surface area (Å²) in [5.74, 6) is 0. The Hall–Kier alpha value is -0.160. The lowest BCUT2D eigenvalue weighted by Gasteiger charge is -2.43. The van der Waals surface area contributed by atoms with Crippen molar-refractivity contribution >= 4 is 0 Å². The van der Waals surface area contributed by atoms with Crippen molar-refractivity contribution in [3.8, 4) is 0 Å². The first-order chi connectivity index (χ1) is 7.20. The van der Waals surface area contributed by atoms with Crippen molar-refractivity contribution in [1.29, 1.82) is 0 Å². The summed E-state index contributed by atoms with van der Waals surface area (Å²) < 4.78 is 0. The van der Waals surface area contributed by atoms with Gasteiger partial charge in [-0.25, -0.2) is 0 Å². The highest BCUT2D eigenvalue weighted by Crippen LogP contribution is 2.26. The fourth-order valence-electron chi connectivity index (χ4n) is 2.34. The summed E-state index contributed by atoms with van der Waals surface area (Å²) in [7, 11) is 1.89. The molecule has 0 aromatic carbocycles. The van der Waals surface area contributed by atoms with Gasteiger partial charge in [0.1, 0.15) is 0 Å². The molecule has 1 aliphatic carbocycles. The molecule has 1 rings (SSSR count). The number of hydrogen-bond donors (Lipinski definition) is 3. The molecule has 0 atom stereocenters. The van der Waals surface area contributed by atoms with Gasteiger partial charge in [-0.3, -0.25) is 4.90 Å². The molecule has 1 aliphatic rings. The second-order valence-electron chi connectivity index (χ2n) is 4.60. The smallest absolute Gasteiger partial charge is 0.0906 e. The number of hydrogen-bond acceptors (Lipinski definition) is 4. The maximum Gasteiger partial charge on any atom is 0.0906 e. The molecule has 0 spiro atoms. The molecule has 4 heteroatoms. The molecule has 0 aliphatic heterocycles. The predicted molar refractivity (Wildman–Crippen MR) is 58.6 cm³/mol. The Kier molecular flexibility index (Phi) is 4.99. The van der Waals surface area contributed by atoms with Gasteiger partial charge in [0.25, 0.3) is 0 Å². The number of nitrogens with zero attached hydrogens (tertiary/aromatic N) is 1. The number of aliphatic hydroxyl groups is 3. The molecule has 15 heavy (non-hydrogen) atoms. The summed E-state index contributed by atoms with van der Waals surface area (Å²) >= 11 is 0. The fourth-order valence-corrected chi connectivity index (χ4v) is 2.34. The van der Waals surface area contributed by atoms with Crippen LogP contribution >= 0.6 is 0 Å². The summed E-state index contributed by atoms with van der Waals surface area (Å²) in [4.78, 5) is 1.96. The van der Waals surface area contributed by atoms with Crippen molar-refractivity contribution in [2.75, 3.05) is 26.9 Å². The second kappa shape index (κ2) is 5.80. The van der Waals surface area contributed by atoms with Crippen LogP contribution in [0.5, 0.6) is 0 Å². The van der Waals surface area contributed by atoms with Crippen LogP contribution in [0.1, 0.15) is 32.1 Å². The summed E-state index contributed by atoms with van der Waals surface area (Å²) in [5, 5.41) is 27.9. The minimum Gasteiger partial charge on any atom is -0.394 e. The summed E-state index contributed by atoms with van der Waals surface area (Å²) in [5.41, 5.74) is -0.859. The Morgan fingerprint density at radius 3 is 1.87 bits per heavy atom. The average Bonchev–Trinajstić information content (AvgIpc) is 2.33. The maximum atomic E-state index is 9.32. The van der Waals surface area contributed by atoms with Gasteiger partial charge in [0.2, 0.25) is 0 Å². The molecule has 0 bridgehead atoms. The van der Waals surface area contributed by atoms with Crippen molar-refractivity contribution in [3.63, 3.8) is 0 Å². The predicted octanol–water partition coefficient (Wildman–Crippen LogP) is -0.0334. The van der Waals surface area contributed by atoms with E-state index in [0.717, 1.165) is 12.8 Å². The summed E-state index contributed by atoms with van der Waals surface area (Å²) in [6.07, 6.45) is 5.87. The highest BCUT2D eigenvalue weighted by atomic mass is 16.3. The molecule has 0 aromatic rings. The van der Waals surface area contributed by atoms with E-state index < -0.39 is 5.54 Å². The van der Waals surface area contributed by atoms with Crippen molar-refractivity contribution in [3.05, 3.63) is 0 Å². The van der Waals surface area contributed by atoms with E-state index >= 15 is 0 Å². The van der Waals surface area contributed by atoms with Gasteiger partial charge in [0, 0.05) is 6.04 Å². The average molecular weight is 217 g/mol. The van der Waals surface area contributed by atoms with Crippen molar-refractivity contribution < 1.29 is 15.3 Å². The Morgan fingerprint density at radius 2 is 1.47 bits per heavy atom. The molecular weight excluding hydrogens is 194 g/mol. The van der Waals surface area contributed by atoms with Gasteiger partial charge in [-0.1, -0.05) is 19.3 Å². The van der Waals surface area contributed by atoms with Gasteiger partial charge in [-0.05, 0) is 19.9 Å². The number of rotatable bonds is 5.